The van der Waals surface area contributed by atoms with Crippen molar-refractivity contribution in [1.29, 1.82) is 0 Å². The van der Waals surface area contributed by atoms with E-state index in [0.717, 1.165) is 16.7 Å². The molecule has 0 unspecified atom stereocenters. The van der Waals surface area contributed by atoms with Gasteiger partial charge in [-0.05, 0) is 30.5 Å². The molecule has 3 N–H and O–H groups in total. The largest absolute Gasteiger partial charge is 0.338 e. The number of benzene rings is 3. The molecular formula is C25H27N3O2. The number of rotatable bonds is 7. The summed E-state index contributed by atoms with van der Waals surface area (Å²) in [6.45, 7) is 4.29. The minimum Gasteiger partial charge on any atom is -0.338 e. The molecule has 0 fully saturated rings. The second-order valence-electron chi connectivity index (χ2n) is 7.11. The Morgan fingerprint density at radius 3 is 1.87 bits per heavy atom. The molecule has 3 aromatic rings. The van der Waals surface area contributed by atoms with Crippen LogP contribution in [0.25, 0.3) is 0 Å². The number of urea groups is 1. The number of hydrogen-bond donors (Lipinski definition) is 3. The fraction of sp³-hybridized carbons (Fsp3) is 0.200. The molecule has 2 atom stereocenters. The van der Waals surface area contributed by atoms with Crippen LogP contribution in [0.1, 0.15) is 41.3 Å². The van der Waals surface area contributed by atoms with Crippen LogP contribution in [-0.2, 0) is 4.79 Å². The fourth-order valence-corrected chi connectivity index (χ4v) is 3.31. The van der Waals surface area contributed by atoms with Crippen molar-refractivity contribution in [3.05, 3.63) is 107 Å². The highest BCUT2D eigenvalue weighted by Gasteiger charge is 2.26. The number of carbonyl (C=O) groups excluding carboxylic acids is 2. The third-order valence-corrected chi connectivity index (χ3v) is 4.85. The normalized spacial score (nSPS) is 12.6. The number of amides is 3. The molecule has 0 heterocycles. The van der Waals surface area contributed by atoms with Crippen molar-refractivity contribution in [3.63, 3.8) is 0 Å². The van der Waals surface area contributed by atoms with Crippen molar-refractivity contribution in [2.45, 2.75) is 25.9 Å². The third-order valence-electron chi connectivity index (χ3n) is 4.85. The highest BCUT2D eigenvalue weighted by Crippen LogP contribution is 2.26. The van der Waals surface area contributed by atoms with Gasteiger partial charge >= 0.3 is 6.03 Å². The van der Waals surface area contributed by atoms with Crippen LogP contribution in [0.5, 0.6) is 0 Å². The molecule has 0 saturated carbocycles. The Morgan fingerprint density at radius 2 is 1.30 bits per heavy atom. The first-order valence-corrected chi connectivity index (χ1v) is 10.1. The lowest BCUT2D eigenvalue weighted by atomic mass is 9.95. The summed E-state index contributed by atoms with van der Waals surface area (Å²) in [7, 11) is 0. The molecule has 0 aromatic heterocycles. The minimum atomic E-state index is -0.708. The van der Waals surface area contributed by atoms with E-state index in [0.29, 0.717) is 6.54 Å². The Hall–Kier alpha value is -3.44. The summed E-state index contributed by atoms with van der Waals surface area (Å²) < 4.78 is 0. The van der Waals surface area contributed by atoms with E-state index in [-0.39, 0.29) is 6.04 Å². The van der Waals surface area contributed by atoms with E-state index >= 15 is 0 Å². The summed E-state index contributed by atoms with van der Waals surface area (Å²) in [6.07, 6.45) is 0. The van der Waals surface area contributed by atoms with Crippen LogP contribution in [0.3, 0.4) is 0 Å². The Bertz CT molecular complexity index is 957. The number of aryl methyl sites for hydroxylation is 1. The average Bonchev–Trinajstić information content (AvgIpc) is 2.76. The first kappa shape index (κ1) is 21.3. The third kappa shape index (κ3) is 5.55. The van der Waals surface area contributed by atoms with Gasteiger partial charge in [0.25, 0.3) is 0 Å². The maximum Gasteiger partial charge on any atom is 0.321 e. The molecule has 5 heteroatoms. The van der Waals surface area contributed by atoms with Gasteiger partial charge in [0.2, 0.25) is 5.91 Å². The van der Waals surface area contributed by atoms with Gasteiger partial charge in [0.05, 0.1) is 6.04 Å². The van der Waals surface area contributed by atoms with Gasteiger partial charge in [-0.2, -0.15) is 0 Å². The Kier molecular flexibility index (Phi) is 7.35. The summed E-state index contributed by atoms with van der Waals surface area (Å²) in [4.78, 5) is 25.0. The predicted octanol–water partition coefficient (Wildman–Crippen LogP) is 4.26. The van der Waals surface area contributed by atoms with Gasteiger partial charge in [-0.25, -0.2) is 4.79 Å². The van der Waals surface area contributed by atoms with E-state index in [1.807, 2.05) is 67.6 Å². The number of carbonyl (C=O) groups is 2. The van der Waals surface area contributed by atoms with Gasteiger partial charge in [0.1, 0.15) is 6.04 Å². The highest BCUT2D eigenvalue weighted by atomic mass is 16.2. The van der Waals surface area contributed by atoms with Crippen molar-refractivity contribution in [3.8, 4) is 0 Å². The van der Waals surface area contributed by atoms with Gasteiger partial charge in [-0.1, -0.05) is 90.5 Å². The summed E-state index contributed by atoms with van der Waals surface area (Å²) in [5.74, 6) is -0.403. The van der Waals surface area contributed by atoms with E-state index in [4.69, 9.17) is 0 Å². The second-order valence-corrected chi connectivity index (χ2v) is 7.11. The molecule has 30 heavy (non-hydrogen) atoms. The smallest absolute Gasteiger partial charge is 0.321 e. The Morgan fingerprint density at radius 1 is 0.767 bits per heavy atom. The fourth-order valence-electron chi connectivity index (χ4n) is 3.31. The molecule has 0 aliphatic carbocycles. The molecule has 0 bridgehead atoms. The van der Waals surface area contributed by atoms with Crippen LogP contribution < -0.4 is 16.0 Å². The lowest BCUT2D eigenvalue weighted by Crippen LogP contribution is -2.45. The summed E-state index contributed by atoms with van der Waals surface area (Å²) in [6, 6.07) is 26.2. The van der Waals surface area contributed by atoms with E-state index in [2.05, 4.69) is 40.2 Å². The zero-order valence-corrected chi connectivity index (χ0v) is 17.3. The van der Waals surface area contributed by atoms with Crippen LogP contribution in [0.2, 0.25) is 0 Å². The molecule has 3 rings (SSSR count). The zero-order chi connectivity index (χ0) is 21.3. The monoisotopic (exact) mass is 401 g/mol. The van der Waals surface area contributed by atoms with Gasteiger partial charge in [-0.3, -0.25) is 15.4 Å². The summed E-state index contributed by atoms with van der Waals surface area (Å²) in [5.41, 5.74) is 4.03. The van der Waals surface area contributed by atoms with Crippen LogP contribution in [0.15, 0.2) is 84.9 Å². The summed E-state index contributed by atoms with van der Waals surface area (Å²) in [5, 5.41) is 8.53. The van der Waals surface area contributed by atoms with E-state index in [1.54, 1.807) is 6.92 Å². The van der Waals surface area contributed by atoms with Gasteiger partial charge < -0.3 is 5.32 Å². The zero-order valence-electron chi connectivity index (χ0n) is 17.3. The standard InChI is InChI=1S/C25H27N3O2/c1-3-26-25(30)28-24(29)23(20-12-8-5-9-13-20)27-22(19-10-6-4-7-11-19)21-16-14-18(2)15-17-21/h4-17,22-23,27H,3H2,1-2H3,(H2,26,28,29,30)/t22-,23-/m0/s1. The molecular weight excluding hydrogens is 374 g/mol. The summed E-state index contributed by atoms with van der Waals surface area (Å²) >= 11 is 0. The van der Waals surface area contributed by atoms with Crippen LogP contribution in [0, 0.1) is 6.92 Å². The molecule has 0 radical (unpaired) electrons. The number of hydrogen-bond acceptors (Lipinski definition) is 3. The SMILES string of the molecule is CCNC(=O)NC(=O)[C@@H](N[C@@H](c1ccccc1)c1ccc(C)cc1)c1ccccc1. The first-order valence-electron chi connectivity index (χ1n) is 10.1. The Balaban J connectivity index is 1.96. The van der Waals surface area contributed by atoms with Crippen LogP contribution in [0.4, 0.5) is 4.79 Å². The van der Waals surface area contributed by atoms with Gasteiger partial charge in [-0.15, -0.1) is 0 Å². The number of imide groups is 1. The van der Waals surface area contributed by atoms with Crippen LogP contribution in [-0.4, -0.2) is 18.5 Å². The average molecular weight is 402 g/mol. The van der Waals surface area contributed by atoms with Gasteiger partial charge in [0.15, 0.2) is 0 Å². The maximum atomic E-state index is 13.0. The molecule has 0 spiro atoms. The Labute approximate surface area is 177 Å². The molecule has 3 aromatic carbocycles. The van der Waals surface area contributed by atoms with Gasteiger partial charge in [0, 0.05) is 6.54 Å². The molecule has 0 saturated heterocycles. The molecule has 0 aliphatic heterocycles. The van der Waals surface area contributed by atoms with E-state index in [9.17, 15) is 9.59 Å². The van der Waals surface area contributed by atoms with Crippen molar-refractivity contribution >= 4 is 11.9 Å². The number of nitrogens with one attached hydrogen (secondary N) is 3. The minimum absolute atomic E-state index is 0.225. The first-order chi connectivity index (χ1) is 14.6. The van der Waals surface area contributed by atoms with Crippen molar-refractivity contribution in [2.75, 3.05) is 6.54 Å². The second kappa shape index (κ2) is 10.4. The van der Waals surface area contributed by atoms with E-state index < -0.39 is 18.0 Å². The lowest BCUT2D eigenvalue weighted by Gasteiger charge is -2.26. The quantitative estimate of drug-likeness (QED) is 0.554. The molecule has 3 amide bonds. The highest BCUT2D eigenvalue weighted by molar-refractivity contribution is 5.97. The lowest BCUT2D eigenvalue weighted by molar-refractivity contribution is -0.122. The van der Waals surface area contributed by atoms with E-state index in [1.165, 1.54) is 5.56 Å². The maximum absolute atomic E-state index is 13.0. The topological polar surface area (TPSA) is 70.2 Å². The van der Waals surface area contributed by atoms with Crippen molar-refractivity contribution < 1.29 is 9.59 Å². The molecule has 0 aliphatic rings. The molecule has 5 nitrogen and oxygen atoms in total. The van der Waals surface area contributed by atoms with Crippen molar-refractivity contribution in [1.82, 2.24) is 16.0 Å². The van der Waals surface area contributed by atoms with Crippen molar-refractivity contribution in [2.24, 2.45) is 0 Å². The molecule has 154 valence electrons. The predicted molar refractivity (Wildman–Crippen MR) is 119 cm³/mol. The van der Waals surface area contributed by atoms with Crippen LogP contribution >= 0.6 is 0 Å².